The zero-order chi connectivity index (χ0) is 28.8. The molecule has 3 aromatic carbocycles. The van der Waals surface area contributed by atoms with Crippen LogP contribution in [0.25, 0.3) is 10.9 Å². The summed E-state index contributed by atoms with van der Waals surface area (Å²) in [6.07, 6.45) is -2.10. The second kappa shape index (κ2) is 12.8. The number of benzene rings is 3. The molecule has 0 saturated heterocycles. The summed E-state index contributed by atoms with van der Waals surface area (Å²) in [5.41, 5.74) is 1.66. The zero-order valence-electron chi connectivity index (χ0n) is 22.2. The summed E-state index contributed by atoms with van der Waals surface area (Å²) in [7, 11) is 0. The van der Waals surface area contributed by atoms with Gasteiger partial charge in [-0.05, 0) is 48.1 Å². The van der Waals surface area contributed by atoms with Crippen molar-refractivity contribution in [2.24, 2.45) is 0 Å². The maximum Gasteiger partial charge on any atom is 0.425 e. The van der Waals surface area contributed by atoms with Gasteiger partial charge < -0.3 is 14.4 Å². The van der Waals surface area contributed by atoms with Crippen LogP contribution in [-0.2, 0) is 16.3 Å². The highest BCUT2D eigenvalue weighted by molar-refractivity contribution is 6.24. The molecule has 0 radical (unpaired) electrons. The van der Waals surface area contributed by atoms with Gasteiger partial charge in [-0.1, -0.05) is 85.3 Å². The summed E-state index contributed by atoms with van der Waals surface area (Å²) in [6.45, 7) is 2.25. The first-order chi connectivity index (χ1) is 19.1. The number of hydrogen-bond acceptors (Lipinski definition) is 3. The Hall–Kier alpha value is -3.49. The lowest BCUT2D eigenvalue weighted by Crippen LogP contribution is -2.53. The van der Waals surface area contributed by atoms with Crippen molar-refractivity contribution < 1.29 is 27.8 Å². The van der Waals surface area contributed by atoms with Crippen LogP contribution in [-0.4, -0.2) is 46.4 Å². The van der Waals surface area contributed by atoms with Gasteiger partial charge in [-0.3, -0.25) is 9.69 Å². The molecule has 1 N–H and O–H groups in total. The Morgan fingerprint density at radius 1 is 0.975 bits per heavy atom. The molecule has 0 aliphatic rings. The van der Waals surface area contributed by atoms with Crippen LogP contribution in [0.15, 0.2) is 91.1 Å². The minimum absolute atomic E-state index is 0.0155. The van der Waals surface area contributed by atoms with Gasteiger partial charge in [0.2, 0.25) is 5.00 Å². The van der Waals surface area contributed by atoms with E-state index in [-0.39, 0.29) is 37.7 Å². The first-order valence-corrected chi connectivity index (χ1v) is 13.5. The predicted molar refractivity (Wildman–Crippen MR) is 151 cm³/mol. The van der Waals surface area contributed by atoms with Gasteiger partial charge >= 0.3 is 12.1 Å². The molecule has 9 heteroatoms. The molecule has 4 aromatic rings. The van der Waals surface area contributed by atoms with E-state index < -0.39 is 17.1 Å². The molecule has 0 amide bonds. The summed E-state index contributed by atoms with van der Waals surface area (Å²) >= 11 is 6.58. The van der Waals surface area contributed by atoms with Crippen molar-refractivity contribution in [1.29, 1.82) is 0 Å². The highest BCUT2D eigenvalue weighted by Gasteiger charge is 2.58. The molecule has 212 valence electrons. The molecule has 1 heterocycles. The Kier molecular flexibility index (Phi) is 9.43. The fourth-order valence-electron chi connectivity index (χ4n) is 4.96. The van der Waals surface area contributed by atoms with E-state index in [0.717, 1.165) is 16.5 Å². The second-order valence-electron chi connectivity index (χ2n) is 9.83. The number of carboxylic acid groups (broad SMARTS) is 1. The van der Waals surface area contributed by atoms with Gasteiger partial charge in [-0.15, -0.1) is 0 Å². The fraction of sp³-hybridized carbons (Fsp3) is 0.323. The normalized spacial score (nSPS) is 14.2. The SMILES string of the molecule is CC(CN(CCCCOc1cccc2c1ccn2CC(=O)O)[C@](Cl)(c1ccccc1)C(F)(F)F)c1ccccc1. The number of aliphatic carboxylic acids is 1. The number of rotatable bonds is 13. The van der Waals surface area contributed by atoms with E-state index in [2.05, 4.69) is 0 Å². The molecule has 5 nitrogen and oxygen atoms in total. The lowest BCUT2D eigenvalue weighted by Gasteiger charge is -2.42. The summed E-state index contributed by atoms with van der Waals surface area (Å²) in [4.78, 5) is 9.77. The number of hydrogen-bond donors (Lipinski definition) is 1. The number of carbonyl (C=O) groups is 1. The van der Waals surface area contributed by atoms with E-state index in [1.54, 1.807) is 47.2 Å². The van der Waals surface area contributed by atoms with Crippen LogP contribution in [0.3, 0.4) is 0 Å². The summed E-state index contributed by atoms with van der Waals surface area (Å²) < 4.78 is 51.6. The maximum absolute atomic E-state index is 14.7. The van der Waals surface area contributed by atoms with Crippen LogP contribution in [0, 0.1) is 0 Å². The Morgan fingerprint density at radius 2 is 1.65 bits per heavy atom. The van der Waals surface area contributed by atoms with E-state index in [4.69, 9.17) is 21.4 Å². The molecular weight excluding hydrogens is 541 g/mol. The summed E-state index contributed by atoms with van der Waals surface area (Å²) in [5.74, 6) is -0.531. The Labute approximate surface area is 236 Å². The van der Waals surface area contributed by atoms with E-state index >= 15 is 0 Å². The third kappa shape index (κ3) is 6.62. The fourth-order valence-corrected chi connectivity index (χ4v) is 5.24. The van der Waals surface area contributed by atoms with Crippen molar-refractivity contribution in [3.05, 3.63) is 102 Å². The number of ether oxygens (including phenoxy) is 1. The molecule has 2 atom stereocenters. The minimum atomic E-state index is -4.72. The molecule has 1 unspecified atom stereocenters. The monoisotopic (exact) mass is 572 g/mol. The van der Waals surface area contributed by atoms with Gasteiger partial charge in [0, 0.05) is 24.7 Å². The van der Waals surface area contributed by atoms with Crippen molar-refractivity contribution in [1.82, 2.24) is 9.47 Å². The van der Waals surface area contributed by atoms with Gasteiger partial charge in [0.15, 0.2) is 0 Å². The number of halogens is 4. The van der Waals surface area contributed by atoms with Crippen LogP contribution in [0.2, 0.25) is 0 Å². The first kappa shape index (κ1) is 29.5. The zero-order valence-corrected chi connectivity index (χ0v) is 22.9. The number of carboxylic acids is 1. The topological polar surface area (TPSA) is 54.7 Å². The quantitative estimate of drug-likeness (QED) is 0.102. The van der Waals surface area contributed by atoms with Crippen LogP contribution in [0.5, 0.6) is 5.75 Å². The minimum Gasteiger partial charge on any atom is -0.493 e. The molecule has 0 aliphatic carbocycles. The number of fused-ring (bicyclic) bond motifs is 1. The van der Waals surface area contributed by atoms with Crippen molar-refractivity contribution >= 4 is 28.5 Å². The second-order valence-corrected chi connectivity index (χ2v) is 10.4. The molecule has 40 heavy (non-hydrogen) atoms. The number of aromatic nitrogens is 1. The summed E-state index contributed by atoms with van der Waals surface area (Å²) in [5, 5.41) is 9.90. The molecule has 0 bridgehead atoms. The van der Waals surface area contributed by atoms with E-state index in [0.29, 0.717) is 18.6 Å². The predicted octanol–water partition coefficient (Wildman–Crippen LogP) is 7.64. The van der Waals surface area contributed by atoms with Gasteiger partial charge in [0.25, 0.3) is 0 Å². The van der Waals surface area contributed by atoms with Gasteiger partial charge in [0.1, 0.15) is 12.3 Å². The average Bonchev–Trinajstić information content (AvgIpc) is 3.34. The molecular formula is C31H32ClF3N2O3. The van der Waals surface area contributed by atoms with Gasteiger partial charge in [-0.2, -0.15) is 13.2 Å². The van der Waals surface area contributed by atoms with Crippen molar-refractivity contribution in [3.8, 4) is 5.75 Å². The standard InChI is InChI=1S/C31H32ClF3N2O3/c1-23(24-11-4-2-5-12-24)21-37(30(32,31(33,34)35)25-13-6-3-7-14-25)18-8-9-20-40-28-16-10-15-27-26(28)17-19-36(27)22-29(38)39/h2-7,10-17,19,23H,8-9,18,20-22H2,1H3,(H,38,39)/t23?,30-/m1/s1. The molecule has 0 aliphatic heterocycles. The maximum atomic E-state index is 14.7. The lowest BCUT2D eigenvalue weighted by atomic mass is 9.97. The lowest BCUT2D eigenvalue weighted by molar-refractivity contribution is -0.206. The molecule has 4 rings (SSSR count). The Balaban J connectivity index is 1.48. The van der Waals surface area contributed by atoms with E-state index in [1.165, 1.54) is 17.0 Å². The van der Waals surface area contributed by atoms with Crippen molar-refractivity contribution in [3.63, 3.8) is 0 Å². The third-order valence-corrected chi connectivity index (χ3v) is 7.66. The molecule has 0 fully saturated rings. The van der Waals surface area contributed by atoms with Gasteiger partial charge in [0.05, 0.1) is 12.1 Å². The largest absolute Gasteiger partial charge is 0.493 e. The number of nitrogens with zero attached hydrogens (tertiary/aromatic N) is 2. The Bertz CT molecular complexity index is 1400. The average molecular weight is 573 g/mol. The van der Waals surface area contributed by atoms with E-state index in [1.807, 2.05) is 43.3 Å². The highest BCUT2D eigenvalue weighted by atomic mass is 35.5. The number of alkyl halides is 4. The molecule has 0 spiro atoms. The van der Waals surface area contributed by atoms with Crippen LogP contribution in [0.1, 0.15) is 36.8 Å². The van der Waals surface area contributed by atoms with E-state index in [9.17, 15) is 18.0 Å². The summed E-state index contributed by atoms with van der Waals surface area (Å²) in [6, 6.07) is 24.3. The smallest absolute Gasteiger partial charge is 0.425 e. The highest BCUT2D eigenvalue weighted by Crippen LogP contribution is 2.48. The van der Waals surface area contributed by atoms with Crippen molar-refractivity contribution in [2.45, 2.75) is 43.4 Å². The van der Waals surface area contributed by atoms with Crippen molar-refractivity contribution in [2.75, 3.05) is 19.7 Å². The van der Waals surface area contributed by atoms with Gasteiger partial charge in [-0.25, -0.2) is 0 Å². The van der Waals surface area contributed by atoms with Crippen LogP contribution in [0.4, 0.5) is 13.2 Å². The molecule has 0 saturated carbocycles. The Morgan fingerprint density at radius 3 is 2.30 bits per heavy atom. The van der Waals surface area contributed by atoms with Crippen LogP contribution < -0.4 is 4.74 Å². The van der Waals surface area contributed by atoms with Crippen LogP contribution >= 0.6 is 11.6 Å². The number of unbranched alkanes of at least 4 members (excludes halogenated alkanes) is 1. The molecule has 1 aromatic heterocycles. The third-order valence-electron chi connectivity index (χ3n) is 6.99. The first-order valence-electron chi connectivity index (χ1n) is 13.1.